The lowest BCUT2D eigenvalue weighted by atomic mass is 10.1. The van der Waals surface area contributed by atoms with Gasteiger partial charge in [-0.25, -0.2) is 4.79 Å². The first-order chi connectivity index (χ1) is 10.0. The molecule has 2 rings (SSSR count). The second kappa shape index (κ2) is 6.82. The van der Waals surface area contributed by atoms with E-state index >= 15 is 0 Å². The number of aliphatic hydroxyl groups excluding tert-OH is 1. The summed E-state index contributed by atoms with van der Waals surface area (Å²) in [4.78, 5) is 29.7. The summed E-state index contributed by atoms with van der Waals surface area (Å²) >= 11 is 0. The van der Waals surface area contributed by atoms with Crippen LogP contribution in [-0.2, 0) is 16.1 Å². The second-order valence-electron chi connectivity index (χ2n) is 5.37. The minimum atomic E-state index is -0.411. The van der Waals surface area contributed by atoms with E-state index in [1.54, 1.807) is 24.8 Å². The van der Waals surface area contributed by atoms with Crippen molar-refractivity contribution in [3.8, 4) is 0 Å². The minimum absolute atomic E-state index is 0.0190. The zero-order chi connectivity index (χ0) is 15.4. The maximum Gasteiger partial charge on any atom is 0.348 e. The summed E-state index contributed by atoms with van der Waals surface area (Å²) in [5.74, 6) is -0.236. The predicted molar refractivity (Wildman–Crippen MR) is 75.9 cm³/mol. The fourth-order valence-corrected chi connectivity index (χ4v) is 2.42. The van der Waals surface area contributed by atoms with Gasteiger partial charge in [-0.2, -0.15) is 4.98 Å². The molecule has 0 aliphatic carbocycles. The van der Waals surface area contributed by atoms with Crippen molar-refractivity contribution in [3.05, 3.63) is 27.9 Å². The zero-order valence-corrected chi connectivity index (χ0v) is 12.4. The van der Waals surface area contributed by atoms with E-state index in [9.17, 15) is 14.7 Å². The number of ether oxygens (including phenoxy) is 1. The number of aliphatic hydroxyl groups is 1. The molecule has 1 atom stereocenters. The van der Waals surface area contributed by atoms with E-state index in [0.29, 0.717) is 37.7 Å². The molecular weight excluding hydrogens is 274 g/mol. The molecule has 0 bridgehead atoms. The van der Waals surface area contributed by atoms with Crippen molar-refractivity contribution in [2.75, 3.05) is 32.9 Å². The second-order valence-corrected chi connectivity index (χ2v) is 5.37. The highest BCUT2D eigenvalue weighted by Gasteiger charge is 2.22. The number of amides is 1. The summed E-state index contributed by atoms with van der Waals surface area (Å²) < 4.78 is 6.73. The van der Waals surface area contributed by atoms with E-state index in [1.165, 1.54) is 4.57 Å². The molecule has 1 aliphatic heterocycles. The number of carbonyl (C=O) groups excluding carboxylic acids is 1. The molecule has 1 amide bonds. The molecular formula is C14H21N3O4. The highest BCUT2D eigenvalue weighted by Crippen LogP contribution is 2.08. The average molecular weight is 295 g/mol. The topological polar surface area (TPSA) is 84.7 Å². The van der Waals surface area contributed by atoms with E-state index in [-0.39, 0.29) is 25.0 Å². The highest BCUT2D eigenvalue weighted by molar-refractivity contribution is 5.76. The third-order valence-electron chi connectivity index (χ3n) is 3.59. The summed E-state index contributed by atoms with van der Waals surface area (Å²) in [5, 5.41) is 9.24. The number of aromatic nitrogens is 2. The van der Waals surface area contributed by atoms with Crippen LogP contribution >= 0.6 is 0 Å². The SMILES string of the molecule is Cc1cc(C)n(CC(=O)N2CCOC[C@@H](CO)C2)c(=O)n1. The quantitative estimate of drug-likeness (QED) is 0.799. The van der Waals surface area contributed by atoms with Crippen molar-refractivity contribution in [1.82, 2.24) is 14.5 Å². The van der Waals surface area contributed by atoms with Crippen LogP contribution in [0.2, 0.25) is 0 Å². The van der Waals surface area contributed by atoms with Crippen LogP contribution in [-0.4, -0.2) is 58.4 Å². The molecule has 1 fully saturated rings. The summed E-state index contributed by atoms with van der Waals surface area (Å²) in [6.45, 7) is 5.30. The van der Waals surface area contributed by atoms with E-state index in [4.69, 9.17) is 4.74 Å². The molecule has 7 heteroatoms. The number of hydrogen-bond acceptors (Lipinski definition) is 5. The molecule has 7 nitrogen and oxygen atoms in total. The predicted octanol–water partition coefficient (Wildman–Crippen LogP) is -0.673. The number of nitrogens with zero attached hydrogens (tertiary/aromatic N) is 3. The molecule has 0 spiro atoms. The lowest BCUT2D eigenvalue weighted by Gasteiger charge is -2.23. The molecule has 1 saturated heterocycles. The summed E-state index contributed by atoms with van der Waals surface area (Å²) in [6.07, 6.45) is 0. The zero-order valence-electron chi connectivity index (χ0n) is 12.4. The van der Waals surface area contributed by atoms with Gasteiger partial charge in [0.05, 0.1) is 13.2 Å². The smallest absolute Gasteiger partial charge is 0.348 e. The van der Waals surface area contributed by atoms with Gasteiger partial charge in [0.15, 0.2) is 0 Å². The molecule has 0 saturated carbocycles. The Hall–Kier alpha value is -1.73. The standard InChI is InChI=1S/C14H21N3O4/c1-10-5-11(2)17(14(20)15-10)7-13(19)16-3-4-21-9-12(6-16)8-18/h5,12,18H,3-4,6-9H2,1-2H3/t12-/m1/s1. The molecule has 0 radical (unpaired) electrons. The first-order valence-corrected chi connectivity index (χ1v) is 7.02. The Balaban J connectivity index is 2.12. The first-order valence-electron chi connectivity index (χ1n) is 7.02. The fraction of sp³-hybridized carbons (Fsp3) is 0.643. The van der Waals surface area contributed by atoms with Crippen LogP contribution in [0.15, 0.2) is 10.9 Å². The van der Waals surface area contributed by atoms with Gasteiger partial charge in [0.1, 0.15) is 6.54 Å². The van der Waals surface area contributed by atoms with Crippen molar-refractivity contribution in [2.45, 2.75) is 20.4 Å². The summed E-state index contributed by atoms with van der Waals surface area (Å²) in [7, 11) is 0. The van der Waals surface area contributed by atoms with E-state index in [1.807, 2.05) is 0 Å². The van der Waals surface area contributed by atoms with Crippen LogP contribution in [0, 0.1) is 19.8 Å². The third kappa shape index (κ3) is 3.89. The maximum atomic E-state index is 12.4. The van der Waals surface area contributed by atoms with Crippen LogP contribution < -0.4 is 5.69 Å². The number of hydrogen-bond donors (Lipinski definition) is 1. The third-order valence-corrected chi connectivity index (χ3v) is 3.59. The van der Waals surface area contributed by atoms with E-state index in [2.05, 4.69) is 4.98 Å². The monoisotopic (exact) mass is 295 g/mol. The van der Waals surface area contributed by atoms with Crippen molar-refractivity contribution < 1.29 is 14.6 Å². The molecule has 2 heterocycles. The summed E-state index contributed by atoms with van der Waals surface area (Å²) in [6, 6.07) is 1.77. The molecule has 0 unspecified atom stereocenters. The van der Waals surface area contributed by atoms with Gasteiger partial charge in [0, 0.05) is 37.0 Å². The summed E-state index contributed by atoms with van der Waals surface area (Å²) in [5.41, 5.74) is 0.945. The largest absolute Gasteiger partial charge is 0.396 e. The highest BCUT2D eigenvalue weighted by atomic mass is 16.5. The Bertz CT molecular complexity index is 570. The van der Waals surface area contributed by atoms with Gasteiger partial charge in [-0.15, -0.1) is 0 Å². The Morgan fingerprint density at radius 1 is 1.52 bits per heavy atom. The molecule has 1 aromatic rings. The van der Waals surface area contributed by atoms with Gasteiger partial charge in [0.2, 0.25) is 5.91 Å². The molecule has 1 aliphatic rings. The average Bonchev–Trinajstić information content (AvgIpc) is 2.68. The lowest BCUT2D eigenvalue weighted by Crippen LogP contribution is -2.41. The number of aryl methyl sites for hydroxylation is 2. The maximum absolute atomic E-state index is 12.4. The van der Waals surface area contributed by atoms with Gasteiger partial charge in [0.25, 0.3) is 0 Å². The van der Waals surface area contributed by atoms with Gasteiger partial charge < -0.3 is 14.7 Å². The lowest BCUT2D eigenvalue weighted by molar-refractivity contribution is -0.132. The Morgan fingerprint density at radius 2 is 2.29 bits per heavy atom. The Labute approximate surface area is 123 Å². The van der Waals surface area contributed by atoms with E-state index in [0.717, 1.165) is 0 Å². The van der Waals surface area contributed by atoms with Crippen LogP contribution in [0.25, 0.3) is 0 Å². The van der Waals surface area contributed by atoms with Crippen molar-refractivity contribution in [3.63, 3.8) is 0 Å². The normalized spacial score (nSPS) is 19.4. The Morgan fingerprint density at radius 3 is 2.95 bits per heavy atom. The van der Waals surface area contributed by atoms with Gasteiger partial charge >= 0.3 is 5.69 Å². The van der Waals surface area contributed by atoms with Crippen LogP contribution in [0.5, 0.6) is 0 Å². The van der Waals surface area contributed by atoms with Crippen LogP contribution in [0.3, 0.4) is 0 Å². The number of carbonyl (C=O) groups is 1. The minimum Gasteiger partial charge on any atom is -0.396 e. The molecule has 116 valence electrons. The van der Waals surface area contributed by atoms with Gasteiger partial charge in [-0.05, 0) is 19.9 Å². The van der Waals surface area contributed by atoms with Crippen LogP contribution in [0.1, 0.15) is 11.4 Å². The van der Waals surface area contributed by atoms with Crippen LogP contribution in [0.4, 0.5) is 0 Å². The van der Waals surface area contributed by atoms with Gasteiger partial charge in [-0.3, -0.25) is 9.36 Å². The molecule has 21 heavy (non-hydrogen) atoms. The first kappa shape index (κ1) is 15.7. The molecule has 0 aromatic carbocycles. The van der Waals surface area contributed by atoms with Crippen molar-refractivity contribution >= 4 is 5.91 Å². The molecule has 1 aromatic heterocycles. The fourth-order valence-electron chi connectivity index (χ4n) is 2.42. The number of rotatable bonds is 3. The molecule has 1 N–H and O–H groups in total. The van der Waals surface area contributed by atoms with Crippen molar-refractivity contribution in [1.29, 1.82) is 0 Å². The van der Waals surface area contributed by atoms with Gasteiger partial charge in [-0.1, -0.05) is 0 Å². The Kier molecular flexibility index (Phi) is 5.08. The van der Waals surface area contributed by atoms with Crippen molar-refractivity contribution in [2.24, 2.45) is 5.92 Å². The van der Waals surface area contributed by atoms with E-state index < -0.39 is 5.69 Å².